The van der Waals surface area contributed by atoms with Crippen molar-refractivity contribution in [1.82, 2.24) is 19.6 Å². The van der Waals surface area contributed by atoms with Crippen molar-refractivity contribution >= 4 is 23.6 Å². The third-order valence-corrected chi connectivity index (χ3v) is 6.39. The van der Waals surface area contributed by atoms with Gasteiger partial charge in [0.15, 0.2) is 5.82 Å². The van der Waals surface area contributed by atoms with Gasteiger partial charge in [-0.15, -0.1) is 0 Å². The molecule has 0 saturated carbocycles. The third-order valence-electron chi connectivity index (χ3n) is 6.39. The number of carbonyl (C=O) groups excluding carboxylic acids is 2. The van der Waals surface area contributed by atoms with Crippen LogP contribution in [0.4, 0.5) is 15.0 Å². The number of carbonyl (C=O) groups is 2. The molecule has 0 unspecified atom stereocenters. The fourth-order valence-electron chi connectivity index (χ4n) is 4.90. The lowest BCUT2D eigenvalue weighted by molar-refractivity contribution is -0.135. The first kappa shape index (κ1) is 19.7. The van der Waals surface area contributed by atoms with Crippen molar-refractivity contribution in [2.75, 3.05) is 24.5 Å². The summed E-state index contributed by atoms with van der Waals surface area (Å²) in [6.07, 6.45) is 4.69. The van der Waals surface area contributed by atoms with Gasteiger partial charge in [0.25, 0.3) is 0 Å². The molecule has 2 aromatic rings. The first-order valence-electron chi connectivity index (χ1n) is 10.7. The van der Waals surface area contributed by atoms with E-state index in [1.54, 1.807) is 27.9 Å². The monoisotopic (exact) mass is 424 g/mol. The molecule has 0 bridgehead atoms. The van der Waals surface area contributed by atoms with Crippen molar-refractivity contribution in [3.63, 3.8) is 0 Å². The number of hydrogen-bond donors (Lipinski definition) is 0. The standard InChI is InChI=1S/C22H25FN6O2/c1-14-4-3-5-15(2)28(14)19(30)13-27-21-18(20-24-10-11-26(20)22(27)31)12-25-29(21)17-8-6-16(23)7-9-17/h6-9,12,14-15H,3-5,10-11,13H2,1-2H3/t14-,15-/m0/s1. The van der Waals surface area contributed by atoms with Crippen LogP contribution in [0.25, 0.3) is 5.69 Å². The zero-order valence-electron chi connectivity index (χ0n) is 17.7. The molecule has 31 heavy (non-hydrogen) atoms. The predicted octanol–water partition coefficient (Wildman–Crippen LogP) is 2.80. The van der Waals surface area contributed by atoms with Gasteiger partial charge in [-0.1, -0.05) is 0 Å². The van der Waals surface area contributed by atoms with Crippen molar-refractivity contribution < 1.29 is 14.0 Å². The van der Waals surface area contributed by atoms with Gasteiger partial charge in [0.2, 0.25) is 5.91 Å². The Balaban J connectivity index is 1.55. The molecule has 8 nitrogen and oxygen atoms in total. The molecular formula is C22H25FN6O2. The molecule has 4 heterocycles. The Kier molecular flexibility index (Phi) is 4.75. The Morgan fingerprint density at radius 1 is 1.16 bits per heavy atom. The van der Waals surface area contributed by atoms with Gasteiger partial charge in [-0.3, -0.25) is 19.6 Å². The van der Waals surface area contributed by atoms with E-state index in [2.05, 4.69) is 23.9 Å². The summed E-state index contributed by atoms with van der Waals surface area (Å²) in [6, 6.07) is 5.90. The lowest BCUT2D eigenvalue weighted by atomic mass is 9.97. The summed E-state index contributed by atoms with van der Waals surface area (Å²) < 4.78 is 15.0. The quantitative estimate of drug-likeness (QED) is 0.761. The second-order valence-corrected chi connectivity index (χ2v) is 8.43. The topological polar surface area (TPSA) is 74.0 Å². The highest BCUT2D eigenvalue weighted by molar-refractivity contribution is 6.20. The summed E-state index contributed by atoms with van der Waals surface area (Å²) >= 11 is 0. The zero-order valence-corrected chi connectivity index (χ0v) is 17.7. The van der Waals surface area contributed by atoms with E-state index in [-0.39, 0.29) is 36.4 Å². The number of anilines is 1. The molecule has 0 N–H and O–H groups in total. The highest BCUT2D eigenvalue weighted by Crippen LogP contribution is 2.33. The van der Waals surface area contributed by atoms with E-state index in [4.69, 9.17) is 0 Å². The van der Waals surface area contributed by atoms with Crippen LogP contribution in [0.15, 0.2) is 35.5 Å². The highest BCUT2D eigenvalue weighted by Gasteiger charge is 2.42. The maximum atomic E-state index is 13.5. The molecular weight excluding hydrogens is 399 g/mol. The Morgan fingerprint density at radius 2 is 1.87 bits per heavy atom. The van der Waals surface area contributed by atoms with Gasteiger partial charge in [-0.05, 0) is 57.4 Å². The summed E-state index contributed by atoms with van der Waals surface area (Å²) in [6.45, 7) is 5.05. The van der Waals surface area contributed by atoms with Crippen molar-refractivity contribution in [3.8, 4) is 5.69 Å². The third kappa shape index (κ3) is 3.19. The number of likely N-dealkylation sites (tertiary alicyclic amines) is 1. The number of amidine groups is 1. The van der Waals surface area contributed by atoms with Gasteiger partial charge < -0.3 is 4.90 Å². The molecule has 1 fully saturated rings. The average molecular weight is 424 g/mol. The maximum absolute atomic E-state index is 13.5. The van der Waals surface area contributed by atoms with Gasteiger partial charge in [0.05, 0.1) is 24.0 Å². The molecule has 3 aliphatic rings. The van der Waals surface area contributed by atoms with Crippen LogP contribution in [0.1, 0.15) is 38.7 Å². The molecule has 0 spiro atoms. The average Bonchev–Trinajstić information content (AvgIpc) is 3.39. The number of rotatable bonds is 3. The van der Waals surface area contributed by atoms with Crippen LogP contribution in [0.3, 0.4) is 0 Å². The summed E-state index contributed by atoms with van der Waals surface area (Å²) in [5, 5.41) is 4.46. The van der Waals surface area contributed by atoms with Crippen LogP contribution in [0.5, 0.6) is 0 Å². The maximum Gasteiger partial charge on any atom is 0.331 e. The number of aliphatic imine (C=N–C) groups is 1. The van der Waals surface area contributed by atoms with Crippen molar-refractivity contribution in [1.29, 1.82) is 0 Å². The van der Waals surface area contributed by atoms with Crippen LogP contribution in [-0.2, 0) is 4.79 Å². The molecule has 162 valence electrons. The van der Waals surface area contributed by atoms with E-state index in [9.17, 15) is 14.0 Å². The Bertz CT molecular complexity index is 1050. The number of nitrogens with zero attached hydrogens (tertiary/aromatic N) is 6. The lowest BCUT2D eigenvalue weighted by Gasteiger charge is -2.41. The minimum Gasteiger partial charge on any atom is -0.336 e. The van der Waals surface area contributed by atoms with E-state index >= 15 is 0 Å². The number of fused-ring (bicyclic) bond motifs is 3. The zero-order chi connectivity index (χ0) is 21.7. The number of benzene rings is 1. The Morgan fingerprint density at radius 3 is 2.58 bits per heavy atom. The van der Waals surface area contributed by atoms with E-state index < -0.39 is 0 Å². The fourth-order valence-corrected chi connectivity index (χ4v) is 4.90. The number of piperidine rings is 1. The lowest BCUT2D eigenvalue weighted by Crippen LogP contribution is -2.56. The smallest absolute Gasteiger partial charge is 0.331 e. The molecule has 9 heteroatoms. The number of amides is 3. The molecule has 1 saturated heterocycles. The largest absolute Gasteiger partial charge is 0.336 e. The minimum absolute atomic E-state index is 0.0722. The molecule has 1 aromatic heterocycles. The van der Waals surface area contributed by atoms with Gasteiger partial charge >= 0.3 is 6.03 Å². The SMILES string of the molecule is C[C@H]1CCC[C@H](C)N1C(=O)CN1C(=O)N2CCN=C2c2cnn(-c3ccc(F)cc3)c21. The van der Waals surface area contributed by atoms with Crippen molar-refractivity contribution in [2.24, 2.45) is 4.99 Å². The van der Waals surface area contributed by atoms with Gasteiger partial charge in [0, 0.05) is 18.6 Å². The number of hydrogen-bond acceptors (Lipinski definition) is 4. The summed E-state index contributed by atoms with van der Waals surface area (Å²) in [7, 11) is 0. The number of aromatic nitrogens is 2. The number of urea groups is 1. The Labute approximate surface area is 179 Å². The van der Waals surface area contributed by atoms with E-state index in [1.165, 1.54) is 17.0 Å². The summed E-state index contributed by atoms with van der Waals surface area (Å²) in [5.74, 6) is 0.647. The van der Waals surface area contributed by atoms with E-state index in [1.807, 2.05) is 4.90 Å². The van der Waals surface area contributed by atoms with Crippen LogP contribution < -0.4 is 4.90 Å². The molecule has 2 atom stereocenters. The second-order valence-electron chi connectivity index (χ2n) is 8.43. The fraction of sp³-hybridized carbons (Fsp3) is 0.455. The molecule has 5 rings (SSSR count). The van der Waals surface area contributed by atoms with E-state index in [0.29, 0.717) is 36.0 Å². The van der Waals surface area contributed by atoms with Crippen LogP contribution in [-0.4, -0.2) is 69.1 Å². The normalized spacial score (nSPS) is 23.0. The van der Waals surface area contributed by atoms with Gasteiger partial charge in [-0.2, -0.15) is 5.10 Å². The summed E-state index contributed by atoms with van der Waals surface area (Å²) in [5.41, 5.74) is 1.31. The minimum atomic E-state index is -0.354. The second kappa shape index (κ2) is 7.47. The van der Waals surface area contributed by atoms with Crippen molar-refractivity contribution in [2.45, 2.75) is 45.2 Å². The predicted molar refractivity (Wildman–Crippen MR) is 114 cm³/mol. The molecule has 3 amide bonds. The number of halogens is 1. The van der Waals surface area contributed by atoms with Crippen molar-refractivity contribution in [3.05, 3.63) is 41.8 Å². The molecule has 3 aliphatic heterocycles. The molecule has 1 aromatic carbocycles. The van der Waals surface area contributed by atoms with Crippen LogP contribution in [0.2, 0.25) is 0 Å². The molecule has 0 aliphatic carbocycles. The van der Waals surface area contributed by atoms with Crippen LogP contribution >= 0.6 is 0 Å². The first-order valence-corrected chi connectivity index (χ1v) is 10.7. The highest BCUT2D eigenvalue weighted by atomic mass is 19.1. The van der Waals surface area contributed by atoms with E-state index in [0.717, 1.165) is 19.3 Å². The van der Waals surface area contributed by atoms with Gasteiger partial charge in [-0.25, -0.2) is 13.9 Å². The Hall–Kier alpha value is -3.23. The molecule has 0 radical (unpaired) electrons. The first-order chi connectivity index (χ1) is 15.0. The summed E-state index contributed by atoms with van der Waals surface area (Å²) in [4.78, 5) is 36.2. The van der Waals surface area contributed by atoms with Crippen LogP contribution in [0, 0.1) is 5.82 Å². The van der Waals surface area contributed by atoms with Gasteiger partial charge in [0.1, 0.15) is 18.2 Å².